The molecular formula is C11H25NO. The van der Waals surface area contributed by atoms with E-state index in [0.717, 1.165) is 12.6 Å². The monoisotopic (exact) mass is 187 g/mol. The average molecular weight is 187 g/mol. The largest absolute Gasteiger partial charge is 0.385 e. The molecule has 0 radical (unpaired) electrons. The molecule has 2 heteroatoms. The van der Waals surface area contributed by atoms with Crippen molar-refractivity contribution in [3.05, 3.63) is 0 Å². The molecule has 1 aliphatic rings. The lowest BCUT2D eigenvalue weighted by atomic mass is 10.3. The molecule has 0 amide bonds. The molecule has 0 aromatic heterocycles. The summed E-state index contributed by atoms with van der Waals surface area (Å²) in [6.45, 7) is 6.58. The Bertz CT molecular complexity index is 86.1. The molecule has 2 nitrogen and oxygen atoms in total. The van der Waals surface area contributed by atoms with Crippen LogP contribution in [0, 0.1) is 0 Å². The van der Waals surface area contributed by atoms with Gasteiger partial charge < -0.3 is 10.1 Å². The van der Waals surface area contributed by atoms with E-state index in [0.29, 0.717) is 0 Å². The van der Waals surface area contributed by atoms with Crippen molar-refractivity contribution < 1.29 is 4.74 Å². The lowest BCUT2D eigenvalue weighted by Crippen LogP contribution is -2.16. The van der Waals surface area contributed by atoms with Crippen molar-refractivity contribution in [2.75, 3.05) is 20.3 Å². The number of unbranched alkanes of at least 4 members (excludes halogenated alkanes) is 2. The SMILES string of the molecule is CC1CCCN1.CCCCCOC. The predicted octanol–water partition coefficient (Wildman–Crippen LogP) is 2.58. The first-order valence-corrected chi connectivity index (χ1v) is 5.53. The van der Waals surface area contributed by atoms with Gasteiger partial charge in [0.05, 0.1) is 0 Å². The summed E-state index contributed by atoms with van der Waals surface area (Å²) < 4.78 is 4.84. The standard InChI is InChI=1S/C6H14O.C5H11N/c1-3-4-5-6-7-2;1-5-3-2-4-6-5/h3-6H2,1-2H3;5-6H,2-4H2,1H3. The van der Waals surface area contributed by atoms with Gasteiger partial charge in [-0.25, -0.2) is 0 Å². The molecule has 0 saturated carbocycles. The highest BCUT2D eigenvalue weighted by atomic mass is 16.5. The zero-order valence-corrected chi connectivity index (χ0v) is 9.44. The Morgan fingerprint density at radius 1 is 1.38 bits per heavy atom. The lowest BCUT2D eigenvalue weighted by Gasteiger charge is -1.95. The number of hydrogen-bond acceptors (Lipinski definition) is 2. The van der Waals surface area contributed by atoms with Crippen LogP contribution in [-0.4, -0.2) is 26.3 Å². The van der Waals surface area contributed by atoms with Crippen LogP contribution in [0.2, 0.25) is 0 Å². The van der Waals surface area contributed by atoms with E-state index in [-0.39, 0.29) is 0 Å². The summed E-state index contributed by atoms with van der Waals surface area (Å²) in [5.74, 6) is 0. The Hall–Kier alpha value is -0.0800. The third-order valence-corrected chi connectivity index (χ3v) is 2.26. The average Bonchev–Trinajstić information content (AvgIpc) is 2.58. The Morgan fingerprint density at radius 2 is 2.15 bits per heavy atom. The van der Waals surface area contributed by atoms with Gasteiger partial charge in [0, 0.05) is 19.8 Å². The molecule has 13 heavy (non-hydrogen) atoms. The third kappa shape index (κ3) is 9.84. The lowest BCUT2D eigenvalue weighted by molar-refractivity contribution is 0.192. The Labute approximate surface area is 83.1 Å². The molecular weight excluding hydrogens is 162 g/mol. The van der Waals surface area contributed by atoms with Crippen molar-refractivity contribution in [2.24, 2.45) is 0 Å². The van der Waals surface area contributed by atoms with Crippen LogP contribution in [0.5, 0.6) is 0 Å². The topological polar surface area (TPSA) is 21.3 Å². The zero-order chi connectivity index (χ0) is 9.94. The smallest absolute Gasteiger partial charge is 0.0462 e. The summed E-state index contributed by atoms with van der Waals surface area (Å²) in [6.07, 6.45) is 6.55. The molecule has 1 rings (SSSR count). The number of ether oxygens (including phenoxy) is 1. The van der Waals surface area contributed by atoms with E-state index in [4.69, 9.17) is 4.74 Å². The highest BCUT2D eigenvalue weighted by Gasteiger charge is 2.05. The molecule has 0 bridgehead atoms. The first-order chi connectivity index (χ1) is 6.31. The van der Waals surface area contributed by atoms with E-state index in [9.17, 15) is 0 Å². The molecule has 0 aromatic carbocycles. The highest BCUT2D eigenvalue weighted by molar-refractivity contribution is 4.67. The molecule has 1 aliphatic heterocycles. The summed E-state index contributed by atoms with van der Waals surface area (Å²) in [5, 5.41) is 3.32. The summed E-state index contributed by atoms with van der Waals surface area (Å²) in [6, 6.07) is 0.796. The molecule has 1 saturated heterocycles. The predicted molar refractivity (Wildman–Crippen MR) is 58.1 cm³/mol. The fraction of sp³-hybridized carbons (Fsp3) is 1.00. The van der Waals surface area contributed by atoms with E-state index in [1.807, 2.05) is 0 Å². The molecule has 1 atom stereocenters. The van der Waals surface area contributed by atoms with Gasteiger partial charge in [-0.3, -0.25) is 0 Å². The van der Waals surface area contributed by atoms with E-state index in [1.54, 1.807) is 7.11 Å². The molecule has 1 fully saturated rings. The van der Waals surface area contributed by atoms with Crippen LogP contribution < -0.4 is 5.32 Å². The molecule has 1 heterocycles. The molecule has 80 valence electrons. The summed E-state index contributed by atoms with van der Waals surface area (Å²) in [4.78, 5) is 0. The normalized spacial score (nSPS) is 21.0. The number of hydrogen-bond donors (Lipinski definition) is 1. The van der Waals surface area contributed by atoms with Crippen LogP contribution in [0.15, 0.2) is 0 Å². The number of rotatable bonds is 4. The van der Waals surface area contributed by atoms with Crippen LogP contribution in [0.4, 0.5) is 0 Å². The second-order valence-electron chi connectivity index (χ2n) is 3.70. The summed E-state index contributed by atoms with van der Waals surface area (Å²) in [7, 11) is 1.75. The first-order valence-electron chi connectivity index (χ1n) is 5.53. The van der Waals surface area contributed by atoms with Gasteiger partial charge in [-0.05, 0) is 32.7 Å². The van der Waals surface area contributed by atoms with E-state index < -0.39 is 0 Å². The molecule has 0 aromatic rings. The summed E-state index contributed by atoms with van der Waals surface area (Å²) >= 11 is 0. The van der Waals surface area contributed by atoms with Gasteiger partial charge >= 0.3 is 0 Å². The van der Waals surface area contributed by atoms with Crippen molar-refractivity contribution in [1.82, 2.24) is 5.32 Å². The first kappa shape index (κ1) is 12.9. The minimum Gasteiger partial charge on any atom is -0.385 e. The van der Waals surface area contributed by atoms with Gasteiger partial charge in [-0.1, -0.05) is 19.8 Å². The van der Waals surface area contributed by atoms with Gasteiger partial charge in [0.25, 0.3) is 0 Å². The van der Waals surface area contributed by atoms with E-state index in [2.05, 4.69) is 19.2 Å². The zero-order valence-electron chi connectivity index (χ0n) is 9.44. The minimum atomic E-state index is 0.796. The Morgan fingerprint density at radius 3 is 2.46 bits per heavy atom. The maximum absolute atomic E-state index is 4.84. The number of methoxy groups -OCH3 is 1. The number of nitrogens with one attached hydrogen (secondary N) is 1. The van der Waals surface area contributed by atoms with Gasteiger partial charge in [0.1, 0.15) is 0 Å². The van der Waals surface area contributed by atoms with Crippen LogP contribution in [0.1, 0.15) is 46.0 Å². The molecule has 0 aliphatic carbocycles. The van der Waals surface area contributed by atoms with Crippen molar-refractivity contribution in [1.29, 1.82) is 0 Å². The van der Waals surface area contributed by atoms with Gasteiger partial charge in [-0.15, -0.1) is 0 Å². The van der Waals surface area contributed by atoms with Crippen molar-refractivity contribution in [2.45, 2.75) is 52.0 Å². The molecule has 1 N–H and O–H groups in total. The fourth-order valence-corrected chi connectivity index (χ4v) is 1.36. The minimum absolute atomic E-state index is 0.796. The third-order valence-electron chi connectivity index (χ3n) is 2.26. The van der Waals surface area contributed by atoms with Crippen LogP contribution in [0.3, 0.4) is 0 Å². The fourth-order valence-electron chi connectivity index (χ4n) is 1.36. The summed E-state index contributed by atoms with van der Waals surface area (Å²) in [5.41, 5.74) is 0. The maximum atomic E-state index is 4.84. The van der Waals surface area contributed by atoms with Gasteiger partial charge in [0.15, 0.2) is 0 Å². The highest BCUT2D eigenvalue weighted by Crippen LogP contribution is 2.01. The van der Waals surface area contributed by atoms with Crippen molar-refractivity contribution in [3.8, 4) is 0 Å². The van der Waals surface area contributed by atoms with Gasteiger partial charge in [0.2, 0.25) is 0 Å². The second kappa shape index (κ2) is 10.0. The van der Waals surface area contributed by atoms with E-state index >= 15 is 0 Å². The van der Waals surface area contributed by atoms with Crippen LogP contribution in [0.25, 0.3) is 0 Å². The van der Waals surface area contributed by atoms with E-state index in [1.165, 1.54) is 38.6 Å². The molecule has 0 spiro atoms. The maximum Gasteiger partial charge on any atom is 0.0462 e. The second-order valence-corrected chi connectivity index (χ2v) is 3.70. The van der Waals surface area contributed by atoms with Gasteiger partial charge in [-0.2, -0.15) is 0 Å². The van der Waals surface area contributed by atoms with Crippen molar-refractivity contribution in [3.63, 3.8) is 0 Å². The quantitative estimate of drug-likeness (QED) is 0.683. The van der Waals surface area contributed by atoms with Crippen LogP contribution >= 0.6 is 0 Å². The Balaban J connectivity index is 0.000000223. The van der Waals surface area contributed by atoms with Crippen LogP contribution in [-0.2, 0) is 4.74 Å². The molecule has 1 unspecified atom stereocenters. The van der Waals surface area contributed by atoms with Crippen molar-refractivity contribution >= 4 is 0 Å². The Kier molecular flexibility index (Phi) is 9.94.